The molecule has 1 aromatic heterocycles. The van der Waals surface area contributed by atoms with Gasteiger partial charge in [0.25, 0.3) is 10.0 Å². The van der Waals surface area contributed by atoms with E-state index in [2.05, 4.69) is 10.3 Å². The van der Waals surface area contributed by atoms with E-state index in [4.69, 9.17) is 5.73 Å². The Balaban J connectivity index is 2.05. The topological polar surface area (TPSA) is 140 Å². The summed E-state index contributed by atoms with van der Waals surface area (Å²) < 4.78 is 26.8. The molecule has 2 rings (SSSR count). The fraction of sp³-hybridized carbons (Fsp3) is 0.556. The van der Waals surface area contributed by atoms with E-state index in [-0.39, 0.29) is 29.7 Å². The zero-order valence-electron chi connectivity index (χ0n) is 16.0. The zero-order valence-corrected chi connectivity index (χ0v) is 16.8. The number of hydrogen-bond acceptors (Lipinski definition) is 6. The molecule has 0 saturated carbocycles. The predicted molar refractivity (Wildman–Crippen MR) is 101 cm³/mol. The summed E-state index contributed by atoms with van der Waals surface area (Å²) in [6, 6.07) is 3.40. The molecule has 1 aliphatic rings. The molecule has 2 heterocycles. The van der Waals surface area contributed by atoms with Gasteiger partial charge in [-0.15, -0.1) is 0 Å². The number of hydrogen-bond donors (Lipinski definition) is 2. The van der Waals surface area contributed by atoms with E-state index >= 15 is 0 Å². The number of ketones is 1. The highest BCUT2D eigenvalue weighted by atomic mass is 32.2. The van der Waals surface area contributed by atoms with Crippen LogP contribution in [0.25, 0.3) is 0 Å². The highest BCUT2D eigenvalue weighted by Crippen LogP contribution is 2.22. The van der Waals surface area contributed by atoms with E-state index in [1.807, 2.05) is 0 Å². The van der Waals surface area contributed by atoms with E-state index in [0.29, 0.717) is 19.3 Å². The van der Waals surface area contributed by atoms with Gasteiger partial charge in [-0.3, -0.25) is 14.4 Å². The van der Waals surface area contributed by atoms with Crippen LogP contribution in [0.1, 0.15) is 39.5 Å². The molecule has 1 aliphatic heterocycles. The molecule has 9 nitrogen and oxygen atoms in total. The van der Waals surface area contributed by atoms with Crippen molar-refractivity contribution in [1.29, 1.82) is 0 Å². The molecular formula is C18H26N4O5S. The number of aromatic nitrogens is 1. The second-order valence-electron chi connectivity index (χ2n) is 7.07. The van der Waals surface area contributed by atoms with Crippen LogP contribution in [0.2, 0.25) is 0 Å². The average molecular weight is 410 g/mol. The maximum atomic E-state index is 12.8. The lowest BCUT2D eigenvalue weighted by Crippen LogP contribution is -2.45. The van der Waals surface area contributed by atoms with Crippen molar-refractivity contribution in [1.82, 2.24) is 14.6 Å². The van der Waals surface area contributed by atoms with E-state index < -0.39 is 33.9 Å². The van der Waals surface area contributed by atoms with Crippen LogP contribution in [-0.4, -0.2) is 53.9 Å². The first-order valence-electron chi connectivity index (χ1n) is 9.17. The minimum atomic E-state index is -3.91. The first kappa shape index (κ1) is 22.0. The Morgan fingerprint density at radius 3 is 2.68 bits per heavy atom. The first-order chi connectivity index (χ1) is 13.1. The van der Waals surface area contributed by atoms with Crippen LogP contribution in [0.5, 0.6) is 0 Å². The maximum absolute atomic E-state index is 12.8. The average Bonchev–Trinajstić information content (AvgIpc) is 2.80. The van der Waals surface area contributed by atoms with Crippen LogP contribution in [0, 0.1) is 5.92 Å². The third-order valence-corrected chi connectivity index (χ3v) is 6.78. The number of nitrogens with two attached hydrogens (primary N) is 1. The highest BCUT2D eigenvalue weighted by molar-refractivity contribution is 7.89. The van der Waals surface area contributed by atoms with E-state index in [0.717, 1.165) is 4.31 Å². The number of rotatable bonds is 7. The van der Waals surface area contributed by atoms with Gasteiger partial charge in [-0.2, -0.15) is 4.31 Å². The minimum Gasteiger partial charge on any atom is -0.369 e. The molecular weight excluding hydrogens is 384 g/mol. The molecule has 0 aromatic carbocycles. The van der Waals surface area contributed by atoms with E-state index in [1.165, 1.54) is 12.3 Å². The Labute approximate surface area is 164 Å². The summed E-state index contributed by atoms with van der Waals surface area (Å²) in [5.74, 6) is -1.66. The molecule has 0 aliphatic carbocycles. The Bertz CT molecular complexity index is 828. The number of nitrogens with one attached hydrogen (secondary N) is 1. The fourth-order valence-corrected chi connectivity index (χ4v) is 4.54. The molecule has 1 saturated heterocycles. The van der Waals surface area contributed by atoms with Crippen molar-refractivity contribution in [2.24, 2.45) is 11.7 Å². The van der Waals surface area contributed by atoms with Crippen molar-refractivity contribution >= 4 is 27.6 Å². The van der Waals surface area contributed by atoms with Gasteiger partial charge < -0.3 is 11.1 Å². The normalized spacial score (nSPS) is 22.3. The molecule has 2 amide bonds. The van der Waals surface area contributed by atoms with Gasteiger partial charge in [0.15, 0.2) is 10.8 Å². The number of primary amides is 1. The molecule has 0 spiro atoms. The smallest absolute Gasteiger partial charge is 0.261 e. The Hall–Kier alpha value is -2.33. The minimum absolute atomic E-state index is 0.0688. The summed E-state index contributed by atoms with van der Waals surface area (Å²) in [6.45, 7) is 3.03. The molecule has 10 heteroatoms. The predicted octanol–water partition coefficient (Wildman–Crippen LogP) is 0.210. The number of amides is 2. The highest BCUT2D eigenvalue weighted by Gasteiger charge is 2.37. The number of carbonyl (C=O) groups excluding carboxylic acids is 3. The van der Waals surface area contributed by atoms with Crippen molar-refractivity contribution in [2.75, 3.05) is 6.54 Å². The van der Waals surface area contributed by atoms with Crippen molar-refractivity contribution in [3.05, 3.63) is 24.4 Å². The molecule has 0 bridgehead atoms. The summed E-state index contributed by atoms with van der Waals surface area (Å²) >= 11 is 0. The van der Waals surface area contributed by atoms with Gasteiger partial charge in [0, 0.05) is 24.6 Å². The van der Waals surface area contributed by atoms with Gasteiger partial charge in [0.05, 0.1) is 12.6 Å². The van der Waals surface area contributed by atoms with Crippen LogP contribution in [0.4, 0.5) is 0 Å². The second-order valence-corrected chi connectivity index (χ2v) is 8.91. The van der Waals surface area contributed by atoms with Gasteiger partial charge in [0.2, 0.25) is 11.8 Å². The van der Waals surface area contributed by atoms with Crippen LogP contribution in [0.3, 0.4) is 0 Å². The Kier molecular flexibility index (Phi) is 7.25. The number of carbonyl (C=O) groups is 3. The van der Waals surface area contributed by atoms with E-state index in [9.17, 15) is 22.8 Å². The van der Waals surface area contributed by atoms with Gasteiger partial charge in [-0.05, 0) is 38.3 Å². The monoisotopic (exact) mass is 410 g/mol. The standard InChI is InChI=1S/C18H26N4O5S/c1-12(18(19)25)6-9-16(24)21-14-8-7-13(2)22(11-15(14)23)28(26,27)17-5-3-4-10-20-17/h3-5,10,12-14H,6-9,11H2,1-2H3,(H2,19,25)(H,21,24)/t12-,13+,14-/m0/s1. The zero-order chi connectivity index (χ0) is 20.9. The Morgan fingerprint density at radius 1 is 1.36 bits per heavy atom. The second kappa shape index (κ2) is 9.24. The number of sulfonamides is 1. The lowest BCUT2D eigenvalue weighted by atomic mass is 10.0. The van der Waals surface area contributed by atoms with Crippen molar-refractivity contribution < 1.29 is 22.8 Å². The van der Waals surface area contributed by atoms with Crippen LogP contribution in [-0.2, 0) is 24.4 Å². The molecule has 3 N–H and O–H groups in total. The molecule has 3 atom stereocenters. The Morgan fingerprint density at radius 2 is 2.07 bits per heavy atom. The third-order valence-electron chi connectivity index (χ3n) is 4.90. The van der Waals surface area contributed by atoms with Gasteiger partial charge in [-0.1, -0.05) is 13.0 Å². The SMILES string of the molecule is C[C@@H]1CC[C@H](NC(=O)CC[C@H](C)C(N)=O)C(=O)CN1S(=O)(=O)c1ccccn1. The first-order valence-corrected chi connectivity index (χ1v) is 10.6. The molecule has 0 unspecified atom stereocenters. The number of Topliss-reactive ketones (excluding diaryl/α,β-unsaturated/α-hetero) is 1. The summed E-state index contributed by atoms with van der Waals surface area (Å²) in [6.07, 6.45) is 2.50. The molecule has 0 radical (unpaired) electrons. The lowest BCUT2D eigenvalue weighted by molar-refractivity contribution is -0.128. The molecule has 154 valence electrons. The fourth-order valence-electron chi connectivity index (χ4n) is 2.98. The van der Waals surface area contributed by atoms with Gasteiger partial charge in [-0.25, -0.2) is 13.4 Å². The summed E-state index contributed by atoms with van der Waals surface area (Å²) in [5, 5.41) is 2.54. The van der Waals surface area contributed by atoms with Crippen molar-refractivity contribution in [3.63, 3.8) is 0 Å². The summed E-state index contributed by atoms with van der Waals surface area (Å²) in [4.78, 5) is 39.7. The van der Waals surface area contributed by atoms with E-state index in [1.54, 1.807) is 26.0 Å². The van der Waals surface area contributed by atoms with Crippen LogP contribution < -0.4 is 11.1 Å². The van der Waals surface area contributed by atoms with Crippen LogP contribution in [0.15, 0.2) is 29.4 Å². The summed E-state index contributed by atoms with van der Waals surface area (Å²) in [5.41, 5.74) is 5.18. The van der Waals surface area contributed by atoms with Crippen LogP contribution >= 0.6 is 0 Å². The quantitative estimate of drug-likeness (QED) is 0.659. The number of pyridine rings is 1. The third kappa shape index (κ3) is 5.35. The van der Waals surface area contributed by atoms with Crippen molar-refractivity contribution in [2.45, 2.75) is 56.6 Å². The summed E-state index contributed by atoms with van der Waals surface area (Å²) in [7, 11) is -3.91. The van der Waals surface area contributed by atoms with Gasteiger partial charge >= 0.3 is 0 Å². The van der Waals surface area contributed by atoms with Gasteiger partial charge in [0.1, 0.15) is 0 Å². The van der Waals surface area contributed by atoms with Crippen molar-refractivity contribution in [3.8, 4) is 0 Å². The molecule has 28 heavy (non-hydrogen) atoms. The molecule has 1 aromatic rings. The lowest BCUT2D eigenvalue weighted by Gasteiger charge is -2.24. The maximum Gasteiger partial charge on any atom is 0.261 e. The largest absolute Gasteiger partial charge is 0.369 e. The molecule has 1 fully saturated rings. The number of nitrogens with zero attached hydrogens (tertiary/aromatic N) is 2.